The molecule has 12 heavy (non-hydrogen) atoms. The molecule has 4 heteroatoms. The highest BCUT2D eigenvalue weighted by Gasteiger charge is 2.12. The molecule has 1 rings (SSSR count). The van der Waals surface area contributed by atoms with Crippen LogP contribution >= 0.6 is 0 Å². The molecule has 0 aromatic carbocycles. The summed E-state index contributed by atoms with van der Waals surface area (Å²) >= 11 is 0. The van der Waals surface area contributed by atoms with E-state index in [1.807, 2.05) is 0 Å². The highest BCUT2D eigenvalue weighted by molar-refractivity contribution is 5.66. The summed E-state index contributed by atoms with van der Waals surface area (Å²) in [5.74, 6) is -0.731. The molecule has 0 amide bonds. The van der Waals surface area contributed by atoms with Crippen LogP contribution in [0.4, 0.5) is 0 Å². The SMILES string of the molecule is O=C(O)CCCC1NCCCO1. The second kappa shape index (κ2) is 5.11. The first kappa shape index (κ1) is 9.48. The largest absolute Gasteiger partial charge is 0.481 e. The Kier molecular flexibility index (Phi) is 4.04. The average Bonchev–Trinajstić information content (AvgIpc) is 2.05. The fraction of sp³-hybridized carbons (Fsp3) is 0.875. The maximum Gasteiger partial charge on any atom is 0.303 e. The van der Waals surface area contributed by atoms with Gasteiger partial charge in [0.15, 0.2) is 0 Å². The van der Waals surface area contributed by atoms with Crippen LogP contribution in [0.3, 0.4) is 0 Å². The van der Waals surface area contributed by atoms with Crippen molar-refractivity contribution in [1.29, 1.82) is 0 Å². The molecule has 0 saturated carbocycles. The van der Waals surface area contributed by atoms with Crippen molar-refractivity contribution in [3.05, 3.63) is 0 Å². The van der Waals surface area contributed by atoms with Gasteiger partial charge < -0.3 is 9.84 Å². The van der Waals surface area contributed by atoms with Gasteiger partial charge in [0.2, 0.25) is 0 Å². The Hall–Kier alpha value is -0.610. The van der Waals surface area contributed by atoms with E-state index in [1.54, 1.807) is 0 Å². The lowest BCUT2D eigenvalue weighted by molar-refractivity contribution is -0.137. The second-order valence-electron chi connectivity index (χ2n) is 2.95. The topological polar surface area (TPSA) is 58.6 Å². The highest BCUT2D eigenvalue weighted by atomic mass is 16.5. The van der Waals surface area contributed by atoms with Crippen LogP contribution in [-0.2, 0) is 9.53 Å². The minimum Gasteiger partial charge on any atom is -0.481 e. The number of carboxylic acid groups (broad SMARTS) is 1. The van der Waals surface area contributed by atoms with Crippen LogP contribution in [0.15, 0.2) is 0 Å². The predicted octanol–water partition coefficient (Wildman–Crippen LogP) is 0.577. The van der Waals surface area contributed by atoms with Crippen molar-refractivity contribution in [2.75, 3.05) is 13.2 Å². The molecule has 1 aliphatic rings. The molecule has 0 radical (unpaired) electrons. The molecule has 1 saturated heterocycles. The van der Waals surface area contributed by atoms with Crippen molar-refractivity contribution >= 4 is 5.97 Å². The third kappa shape index (κ3) is 3.69. The minimum atomic E-state index is -0.731. The van der Waals surface area contributed by atoms with Crippen LogP contribution in [0, 0.1) is 0 Å². The van der Waals surface area contributed by atoms with E-state index < -0.39 is 5.97 Å². The summed E-state index contributed by atoms with van der Waals surface area (Å²) in [4.78, 5) is 10.2. The van der Waals surface area contributed by atoms with Gasteiger partial charge in [-0.05, 0) is 25.8 Å². The van der Waals surface area contributed by atoms with Crippen molar-refractivity contribution in [3.8, 4) is 0 Å². The van der Waals surface area contributed by atoms with Gasteiger partial charge in [-0.1, -0.05) is 0 Å². The van der Waals surface area contributed by atoms with Gasteiger partial charge in [-0.3, -0.25) is 10.1 Å². The zero-order valence-electron chi connectivity index (χ0n) is 7.08. The van der Waals surface area contributed by atoms with Crippen molar-refractivity contribution in [1.82, 2.24) is 5.32 Å². The Morgan fingerprint density at radius 2 is 2.50 bits per heavy atom. The summed E-state index contributed by atoms with van der Waals surface area (Å²) in [6.45, 7) is 1.78. The van der Waals surface area contributed by atoms with Crippen LogP contribution in [0.5, 0.6) is 0 Å². The average molecular weight is 173 g/mol. The minimum absolute atomic E-state index is 0.0816. The lowest BCUT2D eigenvalue weighted by atomic mass is 10.2. The summed E-state index contributed by atoms with van der Waals surface area (Å²) in [5.41, 5.74) is 0. The molecular weight excluding hydrogens is 158 g/mol. The smallest absolute Gasteiger partial charge is 0.303 e. The van der Waals surface area contributed by atoms with Crippen LogP contribution in [0.2, 0.25) is 0 Å². The Bertz CT molecular complexity index is 143. The van der Waals surface area contributed by atoms with Gasteiger partial charge in [0.1, 0.15) is 6.23 Å². The van der Waals surface area contributed by atoms with Crippen molar-refractivity contribution in [2.24, 2.45) is 0 Å². The maximum atomic E-state index is 10.2. The normalized spacial score (nSPS) is 23.8. The molecule has 1 aliphatic heterocycles. The fourth-order valence-electron chi connectivity index (χ4n) is 1.24. The van der Waals surface area contributed by atoms with E-state index in [0.717, 1.165) is 26.0 Å². The molecule has 0 bridgehead atoms. The van der Waals surface area contributed by atoms with Crippen molar-refractivity contribution in [3.63, 3.8) is 0 Å². The zero-order chi connectivity index (χ0) is 8.81. The molecule has 0 aliphatic carbocycles. The Morgan fingerprint density at radius 1 is 1.67 bits per heavy atom. The van der Waals surface area contributed by atoms with Crippen LogP contribution in [0.25, 0.3) is 0 Å². The van der Waals surface area contributed by atoms with Crippen LogP contribution < -0.4 is 5.32 Å². The van der Waals surface area contributed by atoms with Gasteiger partial charge in [0, 0.05) is 13.0 Å². The number of carbonyl (C=O) groups is 1. The standard InChI is InChI=1S/C8H15NO3/c10-8(11)4-1-3-7-9-5-2-6-12-7/h7,9H,1-6H2,(H,10,11). The molecule has 2 N–H and O–H groups in total. The highest BCUT2D eigenvalue weighted by Crippen LogP contribution is 2.06. The van der Waals surface area contributed by atoms with Gasteiger partial charge >= 0.3 is 5.97 Å². The molecule has 4 nitrogen and oxygen atoms in total. The van der Waals surface area contributed by atoms with Gasteiger partial charge in [0.25, 0.3) is 0 Å². The molecule has 0 aromatic rings. The first-order valence-electron chi connectivity index (χ1n) is 4.36. The first-order chi connectivity index (χ1) is 5.79. The molecule has 0 spiro atoms. The number of hydrogen-bond acceptors (Lipinski definition) is 3. The van der Waals surface area contributed by atoms with Crippen molar-refractivity contribution in [2.45, 2.75) is 31.9 Å². The number of rotatable bonds is 4. The monoisotopic (exact) mass is 173 g/mol. The first-order valence-corrected chi connectivity index (χ1v) is 4.36. The van der Waals surface area contributed by atoms with Gasteiger partial charge in [-0.2, -0.15) is 0 Å². The maximum absolute atomic E-state index is 10.2. The summed E-state index contributed by atoms with van der Waals surface area (Å²) in [6.07, 6.45) is 2.86. The molecule has 0 aromatic heterocycles. The Morgan fingerprint density at radius 3 is 3.08 bits per heavy atom. The number of aliphatic carboxylic acids is 1. The van der Waals surface area contributed by atoms with Crippen LogP contribution in [-0.4, -0.2) is 30.5 Å². The van der Waals surface area contributed by atoms with E-state index in [-0.39, 0.29) is 12.6 Å². The van der Waals surface area contributed by atoms with E-state index in [2.05, 4.69) is 5.32 Å². The molecule has 70 valence electrons. The summed E-state index contributed by atoms with van der Waals surface area (Å²) < 4.78 is 5.36. The van der Waals surface area contributed by atoms with Gasteiger partial charge in [0.05, 0.1) is 0 Å². The molecule has 1 fully saturated rings. The number of nitrogens with one attached hydrogen (secondary N) is 1. The molecule has 1 heterocycles. The van der Waals surface area contributed by atoms with Gasteiger partial charge in [-0.15, -0.1) is 0 Å². The predicted molar refractivity (Wildman–Crippen MR) is 43.8 cm³/mol. The summed E-state index contributed by atoms with van der Waals surface area (Å²) in [5, 5.41) is 11.6. The fourth-order valence-corrected chi connectivity index (χ4v) is 1.24. The Labute approximate surface area is 71.9 Å². The van der Waals surface area contributed by atoms with E-state index in [1.165, 1.54) is 0 Å². The van der Waals surface area contributed by atoms with E-state index in [0.29, 0.717) is 6.42 Å². The number of ether oxygens (including phenoxy) is 1. The molecular formula is C8H15NO3. The summed E-state index contributed by atoms with van der Waals surface area (Å²) in [7, 11) is 0. The molecule has 1 atom stereocenters. The van der Waals surface area contributed by atoms with Crippen molar-refractivity contribution < 1.29 is 14.6 Å². The number of carboxylic acids is 1. The Balaban J connectivity index is 2.01. The van der Waals surface area contributed by atoms with E-state index in [9.17, 15) is 4.79 Å². The lowest BCUT2D eigenvalue weighted by Gasteiger charge is -2.23. The zero-order valence-corrected chi connectivity index (χ0v) is 7.08. The lowest BCUT2D eigenvalue weighted by Crippen LogP contribution is -2.38. The second-order valence-corrected chi connectivity index (χ2v) is 2.95. The quantitative estimate of drug-likeness (QED) is 0.652. The summed E-state index contributed by atoms with van der Waals surface area (Å²) in [6, 6.07) is 0. The van der Waals surface area contributed by atoms with E-state index >= 15 is 0 Å². The molecule has 1 unspecified atom stereocenters. The third-order valence-electron chi connectivity index (χ3n) is 1.87. The van der Waals surface area contributed by atoms with Crippen LogP contribution in [0.1, 0.15) is 25.7 Å². The van der Waals surface area contributed by atoms with E-state index in [4.69, 9.17) is 9.84 Å². The number of hydrogen-bond donors (Lipinski definition) is 2. The van der Waals surface area contributed by atoms with Gasteiger partial charge in [-0.25, -0.2) is 0 Å². The third-order valence-corrected chi connectivity index (χ3v) is 1.87.